The van der Waals surface area contributed by atoms with Crippen molar-refractivity contribution in [2.24, 2.45) is 0 Å². The van der Waals surface area contributed by atoms with Crippen molar-refractivity contribution in [1.29, 1.82) is 0 Å². The third-order valence-electron chi connectivity index (χ3n) is 4.73. The predicted octanol–water partition coefficient (Wildman–Crippen LogP) is 3.74. The first-order valence-electron chi connectivity index (χ1n) is 9.07. The lowest BCUT2D eigenvalue weighted by molar-refractivity contribution is -0.117. The quantitative estimate of drug-likeness (QED) is 0.612. The molecule has 6 heteroatoms. The first-order chi connectivity index (χ1) is 13.1. The van der Waals surface area contributed by atoms with Crippen molar-refractivity contribution < 1.29 is 9.59 Å². The maximum Gasteiger partial charge on any atom is 0.227 e. The van der Waals surface area contributed by atoms with Crippen molar-refractivity contribution in [3.63, 3.8) is 0 Å². The minimum absolute atomic E-state index is 0.0675. The number of aromatic nitrogens is 1. The number of likely N-dealkylation sites (N-methyl/N-ethyl adjacent to an activating group) is 1. The first kappa shape index (κ1) is 17.8. The lowest BCUT2D eigenvalue weighted by Gasteiger charge is -2.17. The summed E-state index contributed by atoms with van der Waals surface area (Å²) < 4.78 is 1.17. The standard InChI is InChI=1S/C21H21N3O2S/c1-23(14-20-22-17-5-2-3-6-19(17)27-20)13-18(25)15-8-10-16(11-9-15)24-12-4-7-21(24)26/h2-3,5-6,8-11H,4,7,12-14H2,1H3. The molecule has 0 unspecified atom stereocenters. The monoisotopic (exact) mass is 379 g/mol. The van der Waals surface area contributed by atoms with E-state index < -0.39 is 0 Å². The van der Waals surface area contributed by atoms with E-state index in [-0.39, 0.29) is 11.7 Å². The maximum absolute atomic E-state index is 12.6. The van der Waals surface area contributed by atoms with E-state index in [1.54, 1.807) is 16.2 Å². The molecule has 1 aromatic heterocycles. The van der Waals surface area contributed by atoms with Crippen LogP contribution in [0.15, 0.2) is 48.5 Å². The van der Waals surface area contributed by atoms with Gasteiger partial charge in [0.05, 0.1) is 23.3 Å². The van der Waals surface area contributed by atoms with E-state index in [4.69, 9.17) is 0 Å². The molecule has 0 atom stereocenters. The Morgan fingerprint density at radius 2 is 1.96 bits per heavy atom. The molecule has 0 N–H and O–H groups in total. The van der Waals surface area contributed by atoms with Crippen LogP contribution in [0.25, 0.3) is 10.2 Å². The Morgan fingerprint density at radius 1 is 1.19 bits per heavy atom. The largest absolute Gasteiger partial charge is 0.312 e. The highest BCUT2D eigenvalue weighted by molar-refractivity contribution is 7.18. The van der Waals surface area contributed by atoms with Gasteiger partial charge in [-0.05, 0) is 49.9 Å². The molecule has 3 aromatic rings. The third kappa shape index (κ3) is 3.91. The Hall–Kier alpha value is -2.57. The van der Waals surface area contributed by atoms with Gasteiger partial charge in [-0.2, -0.15) is 0 Å². The highest BCUT2D eigenvalue weighted by atomic mass is 32.1. The fourth-order valence-electron chi connectivity index (χ4n) is 3.36. The van der Waals surface area contributed by atoms with E-state index >= 15 is 0 Å². The van der Waals surface area contributed by atoms with Crippen molar-refractivity contribution in [2.45, 2.75) is 19.4 Å². The summed E-state index contributed by atoms with van der Waals surface area (Å²) >= 11 is 1.66. The zero-order valence-corrected chi connectivity index (χ0v) is 16.0. The molecule has 0 spiro atoms. The molecule has 27 heavy (non-hydrogen) atoms. The molecular weight excluding hydrogens is 358 g/mol. The van der Waals surface area contributed by atoms with E-state index in [1.807, 2.05) is 54.4 Å². The van der Waals surface area contributed by atoms with Gasteiger partial charge in [-0.3, -0.25) is 14.5 Å². The number of fused-ring (bicyclic) bond motifs is 1. The molecule has 2 aromatic carbocycles. The van der Waals surface area contributed by atoms with Gasteiger partial charge in [0, 0.05) is 24.2 Å². The Morgan fingerprint density at radius 3 is 2.67 bits per heavy atom. The molecule has 2 heterocycles. The number of amides is 1. The van der Waals surface area contributed by atoms with Crippen LogP contribution in [0.5, 0.6) is 0 Å². The van der Waals surface area contributed by atoms with Gasteiger partial charge in [0.2, 0.25) is 5.91 Å². The van der Waals surface area contributed by atoms with E-state index in [9.17, 15) is 9.59 Å². The number of nitrogens with zero attached hydrogens (tertiary/aromatic N) is 3. The second kappa shape index (κ2) is 7.58. The Labute approximate surface area is 162 Å². The summed E-state index contributed by atoms with van der Waals surface area (Å²) in [5.74, 6) is 0.225. The highest BCUT2D eigenvalue weighted by Gasteiger charge is 2.21. The normalized spacial score (nSPS) is 14.4. The number of benzene rings is 2. The number of carbonyl (C=O) groups is 2. The smallest absolute Gasteiger partial charge is 0.227 e. The van der Waals surface area contributed by atoms with Crippen LogP contribution in [0.3, 0.4) is 0 Å². The van der Waals surface area contributed by atoms with E-state index in [0.29, 0.717) is 25.1 Å². The molecule has 0 saturated carbocycles. The van der Waals surface area contributed by atoms with Crippen LogP contribution in [-0.2, 0) is 11.3 Å². The van der Waals surface area contributed by atoms with Gasteiger partial charge in [0.25, 0.3) is 0 Å². The molecule has 1 aliphatic heterocycles. The third-order valence-corrected chi connectivity index (χ3v) is 5.75. The number of ketones is 1. The van der Waals surface area contributed by atoms with Crippen LogP contribution < -0.4 is 4.90 Å². The number of para-hydroxylation sites is 1. The van der Waals surface area contributed by atoms with Crippen molar-refractivity contribution >= 4 is 38.9 Å². The summed E-state index contributed by atoms with van der Waals surface area (Å²) in [7, 11) is 1.93. The molecule has 1 aliphatic rings. The molecule has 0 aliphatic carbocycles. The van der Waals surface area contributed by atoms with Crippen LogP contribution in [0.2, 0.25) is 0 Å². The van der Waals surface area contributed by atoms with Gasteiger partial charge >= 0.3 is 0 Å². The van der Waals surface area contributed by atoms with Crippen LogP contribution in [0, 0.1) is 0 Å². The number of anilines is 1. The lowest BCUT2D eigenvalue weighted by atomic mass is 10.1. The van der Waals surface area contributed by atoms with Crippen molar-refractivity contribution in [1.82, 2.24) is 9.88 Å². The van der Waals surface area contributed by atoms with Crippen molar-refractivity contribution in [3.8, 4) is 0 Å². The highest BCUT2D eigenvalue weighted by Crippen LogP contribution is 2.23. The van der Waals surface area contributed by atoms with Crippen LogP contribution >= 0.6 is 11.3 Å². The molecule has 5 nitrogen and oxygen atoms in total. The topological polar surface area (TPSA) is 53.5 Å². The molecule has 1 saturated heterocycles. The van der Waals surface area contributed by atoms with E-state index in [0.717, 1.165) is 29.2 Å². The minimum Gasteiger partial charge on any atom is -0.312 e. The SMILES string of the molecule is CN(CC(=O)c1ccc(N2CCCC2=O)cc1)Cc1nc2ccccc2s1. The molecule has 0 bridgehead atoms. The summed E-state index contributed by atoms with van der Waals surface area (Å²) in [4.78, 5) is 32.8. The van der Waals surface area contributed by atoms with Crippen LogP contribution in [0.4, 0.5) is 5.69 Å². The molecule has 0 radical (unpaired) electrons. The molecule has 1 amide bonds. The Bertz CT molecular complexity index is 948. The summed E-state index contributed by atoms with van der Waals surface area (Å²) in [5, 5.41) is 1.01. The average molecular weight is 379 g/mol. The summed E-state index contributed by atoms with van der Waals surface area (Å²) in [5.41, 5.74) is 2.54. The van der Waals surface area contributed by atoms with Gasteiger partial charge in [-0.25, -0.2) is 4.98 Å². The number of hydrogen-bond acceptors (Lipinski definition) is 5. The fraction of sp³-hybridized carbons (Fsp3) is 0.286. The van der Waals surface area contributed by atoms with Gasteiger partial charge in [0.1, 0.15) is 5.01 Å². The summed E-state index contributed by atoms with van der Waals surface area (Å²) in [6.07, 6.45) is 1.51. The molecular formula is C21H21N3O2S. The Kier molecular flexibility index (Phi) is 5.01. The number of rotatable bonds is 6. The van der Waals surface area contributed by atoms with Gasteiger partial charge in [-0.1, -0.05) is 12.1 Å². The minimum atomic E-state index is 0.0675. The number of carbonyl (C=O) groups excluding carboxylic acids is 2. The zero-order valence-electron chi connectivity index (χ0n) is 15.2. The van der Waals surface area contributed by atoms with Gasteiger partial charge < -0.3 is 4.90 Å². The van der Waals surface area contributed by atoms with E-state index in [2.05, 4.69) is 11.1 Å². The first-order valence-corrected chi connectivity index (χ1v) is 9.88. The van der Waals surface area contributed by atoms with Crippen LogP contribution in [0.1, 0.15) is 28.2 Å². The molecule has 1 fully saturated rings. The Balaban J connectivity index is 1.38. The lowest BCUT2D eigenvalue weighted by Crippen LogP contribution is -2.26. The second-order valence-electron chi connectivity index (χ2n) is 6.87. The zero-order chi connectivity index (χ0) is 18.8. The summed E-state index contributed by atoms with van der Waals surface area (Å²) in [6, 6.07) is 15.4. The van der Waals surface area contributed by atoms with E-state index in [1.165, 1.54) is 4.70 Å². The number of Topliss-reactive ketones (excluding diaryl/α,β-unsaturated/α-hetero) is 1. The maximum atomic E-state index is 12.6. The molecule has 4 rings (SSSR count). The van der Waals surface area contributed by atoms with Gasteiger partial charge in [-0.15, -0.1) is 11.3 Å². The number of hydrogen-bond donors (Lipinski definition) is 0. The summed E-state index contributed by atoms with van der Waals surface area (Å²) in [6.45, 7) is 1.74. The molecule has 138 valence electrons. The fourth-order valence-corrected chi connectivity index (χ4v) is 4.41. The number of thiazole rings is 1. The van der Waals surface area contributed by atoms with Crippen molar-refractivity contribution in [2.75, 3.05) is 25.0 Å². The van der Waals surface area contributed by atoms with Crippen LogP contribution in [-0.4, -0.2) is 41.7 Å². The average Bonchev–Trinajstić information content (AvgIpc) is 3.27. The predicted molar refractivity (Wildman–Crippen MR) is 108 cm³/mol. The van der Waals surface area contributed by atoms with Crippen molar-refractivity contribution in [3.05, 3.63) is 59.1 Å². The van der Waals surface area contributed by atoms with Gasteiger partial charge in [0.15, 0.2) is 5.78 Å². The second-order valence-corrected chi connectivity index (χ2v) is 7.98.